The summed E-state index contributed by atoms with van der Waals surface area (Å²) in [6.45, 7) is 9.60. The number of carbonyl (C=O) groups excluding carboxylic acids is 3. The monoisotopic (exact) mass is 481 g/mol. The number of barbiturate groups is 1. The van der Waals surface area contributed by atoms with Gasteiger partial charge in [0, 0.05) is 34.4 Å². The minimum atomic E-state index is -0.804. The minimum absolute atomic E-state index is 0.00910. The summed E-state index contributed by atoms with van der Waals surface area (Å²) in [6.07, 6.45) is 2.46. The molecule has 8 heteroatoms. The molecule has 1 atom stereocenters. The van der Waals surface area contributed by atoms with Crippen molar-refractivity contribution < 1.29 is 19.1 Å². The summed E-state index contributed by atoms with van der Waals surface area (Å²) in [6, 6.07) is 9.40. The average Bonchev–Trinajstić information content (AvgIpc) is 2.77. The second-order valence-corrected chi connectivity index (χ2v) is 9.69. The number of benzene rings is 2. The van der Waals surface area contributed by atoms with Crippen molar-refractivity contribution in [2.75, 3.05) is 23.5 Å². The average molecular weight is 482 g/mol. The largest absolute Gasteiger partial charge is 0.496 e. The summed E-state index contributed by atoms with van der Waals surface area (Å²) in [7, 11) is 1.56. The number of rotatable bonds is 4. The molecule has 1 N–H and O–H groups in total. The number of hydrogen-bond donors (Lipinski definition) is 1. The molecule has 0 radical (unpaired) electrons. The third-order valence-corrected chi connectivity index (χ3v) is 6.79. The van der Waals surface area contributed by atoms with Gasteiger partial charge in [0.15, 0.2) is 0 Å². The van der Waals surface area contributed by atoms with E-state index < -0.39 is 17.8 Å². The Kier molecular flexibility index (Phi) is 6.16. The fourth-order valence-electron chi connectivity index (χ4n) is 5.05. The zero-order chi connectivity index (χ0) is 24.8. The van der Waals surface area contributed by atoms with Gasteiger partial charge in [-0.15, -0.1) is 0 Å². The molecule has 4 rings (SSSR count). The van der Waals surface area contributed by atoms with Crippen molar-refractivity contribution in [3.05, 3.63) is 58.1 Å². The molecule has 2 aromatic rings. The van der Waals surface area contributed by atoms with Gasteiger partial charge in [-0.3, -0.25) is 14.9 Å². The molecule has 1 fully saturated rings. The van der Waals surface area contributed by atoms with E-state index in [2.05, 4.69) is 37.9 Å². The van der Waals surface area contributed by atoms with E-state index >= 15 is 0 Å². The van der Waals surface area contributed by atoms with Crippen molar-refractivity contribution in [2.45, 2.75) is 45.6 Å². The van der Waals surface area contributed by atoms with Gasteiger partial charge >= 0.3 is 6.03 Å². The van der Waals surface area contributed by atoms with Crippen LogP contribution in [0.2, 0.25) is 5.02 Å². The van der Waals surface area contributed by atoms with Gasteiger partial charge in [0.2, 0.25) is 0 Å². The number of methoxy groups -OCH3 is 1. The van der Waals surface area contributed by atoms with Crippen LogP contribution in [0.4, 0.5) is 16.2 Å². The smallest absolute Gasteiger partial charge is 0.335 e. The number of nitrogens with zero attached hydrogens (tertiary/aromatic N) is 2. The van der Waals surface area contributed by atoms with E-state index in [1.807, 2.05) is 12.1 Å². The molecule has 0 saturated carbocycles. The molecule has 7 nitrogen and oxygen atoms in total. The number of ether oxygens (including phenoxy) is 1. The lowest BCUT2D eigenvalue weighted by Crippen LogP contribution is -2.54. The SMILES string of the molecule is CCN1c2cc(OC)c(/C=C3/C(=O)NC(=O)N(c4ccc(Cl)cc4)C3=O)cc2C(C)CC1(C)C. The fourth-order valence-corrected chi connectivity index (χ4v) is 5.18. The van der Waals surface area contributed by atoms with Crippen molar-refractivity contribution in [2.24, 2.45) is 0 Å². The first-order valence-corrected chi connectivity index (χ1v) is 11.6. The Morgan fingerprint density at radius 3 is 2.47 bits per heavy atom. The Bertz CT molecular complexity index is 1200. The van der Waals surface area contributed by atoms with Crippen LogP contribution in [0.1, 0.15) is 51.2 Å². The van der Waals surface area contributed by atoms with Crippen LogP contribution >= 0.6 is 11.6 Å². The first-order chi connectivity index (χ1) is 16.1. The molecule has 2 aliphatic heterocycles. The normalized spacial score (nSPS) is 20.9. The van der Waals surface area contributed by atoms with Crippen molar-refractivity contribution in [3.63, 3.8) is 0 Å². The van der Waals surface area contributed by atoms with Gasteiger partial charge in [0.1, 0.15) is 11.3 Å². The quantitative estimate of drug-likeness (QED) is 0.484. The van der Waals surface area contributed by atoms with Crippen molar-refractivity contribution in [3.8, 4) is 5.75 Å². The zero-order valence-electron chi connectivity index (χ0n) is 19.9. The first kappa shape index (κ1) is 23.8. The predicted octanol–water partition coefficient (Wildman–Crippen LogP) is 5.13. The highest BCUT2D eigenvalue weighted by Gasteiger charge is 2.38. The van der Waals surface area contributed by atoms with Crippen LogP contribution in [0, 0.1) is 0 Å². The highest BCUT2D eigenvalue weighted by Crippen LogP contribution is 2.46. The number of fused-ring (bicyclic) bond motifs is 1. The molecule has 0 bridgehead atoms. The fraction of sp³-hybridized carbons (Fsp3) is 0.346. The van der Waals surface area contributed by atoms with Gasteiger partial charge in [-0.2, -0.15) is 0 Å². The number of anilines is 2. The number of nitrogens with one attached hydrogen (secondary N) is 1. The maximum atomic E-state index is 13.3. The second-order valence-electron chi connectivity index (χ2n) is 9.25. The van der Waals surface area contributed by atoms with Crippen molar-refractivity contribution in [1.29, 1.82) is 0 Å². The maximum Gasteiger partial charge on any atom is 0.335 e. The third-order valence-electron chi connectivity index (χ3n) is 6.54. The van der Waals surface area contributed by atoms with Gasteiger partial charge in [-0.25, -0.2) is 9.69 Å². The molecule has 0 aliphatic carbocycles. The topological polar surface area (TPSA) is 79.0 Å². The van der Waals surface area contributed by atoms with E-state index in [0.717, 1.165) is 29.1 Å². The van der Waals surface area contributed by atoms with Crippen LogP contribution < -0.4 is 19.9 Å². The first-order valence-electron chi connectivity index (χ1n) is 11.2. The van der Waals surface area contributed by atoms with Crippen LogP contribution in [-0.2, 0) is 9.59 Å². The number of urea groups is 1. The Labute approximate surface area is 204 Å². The molecule has 2 aromatic carbocycles. The number of hydrogen-bond acceptors (Lipinski definition) is 5. The highest BCUT2D eigenvalue weighted by molar-refractivity contribution is 6.39. The van der Waals surface area contributed by atoms with Crippen LogP contribution in [0.25, 0.3) is 6.08 Å². The Hall–Kier alpha value is -3.32. The van der Waals surface area contributed by atoms with Crippen LogP contribution in [0.5, 0.6) is 5.75 Å². The molecule has 1 saturated heterocycles. The molecule has 2 heterocycles. The summed E-state index contributed by atoms with van der Waals surface area (Å²) in [5, 5.41) is 2.73. The number of amides is 4. The third kappa shape index (κ3) is 4.05. The molecule has 34 heavy (non-hydrogen) atoms. The molecule has 4 amide bonds. The number of imide groups is 2. The van der Waals surface area contributed by atoms with Crippen LogP contribution in [-0.4, -0.2) is 37.0 Å². The summed E-state index contributed by atoms with van der Waals surface area (Å²) < 4.78 is 5.66. The van der Waals surface area contributed by atoms with Gasteiger partial charge in [0.25, 0.3) is 11.8 Å². The van der Waals surface area contributed by atoms with Crippen LogP contribution in [0.15, 0.2) is 42.0 Å². The van der Waals surface area contributed by atoms with Gasteiger partial charge in [-0.05, 0) is 75.1 Å². The Balaban J connectivity index is 1.80. The van der Waals surface area contributed by atoms with E-state index in [0.29, 0.717) is 22.0 Å². The summed E-state index contributed by atoms with van der Waals surface area (Å²) in [5.41, 5.74) is 2.98. The molecular weight excluding hydrogens is 454 g/mol. The van der Waals surface area contributed by atoms with E-state index in [-0.39, 0.29) is 17.0 Å². The van der Waals surface area contributed by atoms with E-state index in [9.17, 15) is 14.4 Å². The van der Waals surface area contributed by atoms with Gasteiger partial charge in [0.05, 0.1) is 12.8 Å². The number of carbonyl (C=O) groups is 3. The van der Waals surface area contributed by atoms with E-state index in [1.54, 1.807) is 31.4 Å². The maximum absolute atomic E-state index is 13.3. The van der Waals surface area contributed by atoms with Gasteiger partial charge in [-0.1, -0.05) is 18.5 Å². The Morgan fingerprint density at radius 1 is 1.18 bits per heavy atom. The number of halogens is 1. The lowest BCUT2D eigenvalue weighted by molar-refractivity contribution is -0.122. The summed E-state index contributed by atoms with van der Waals surface area (Å²) in [4.78, 5) is 41.7. The molecule has 2 aliphatic rings. The predicted molar refractivity (Wildman–Crippen MR) is 134 cm³/mol. The second kappa shape index (κ2) is 8.80. The molecule has 0 spiro atoms. The van der Waals surface area contributed by atoms with Crippen molar-refractivity contribution >= 4 is 46.9 Å². The van der Waals surface area contributed by atoms with Gasteiger partial charge < -0.3 is 9.64 Å². The molecular formula is C26H28ClN3O4. The van der Waals surface area contributed by atoms with Crippen molar-refractivity contribution in [1.82, 2.24) is 5.32 Å². The Morgan fingerprint density at radius 2 is 1.85 bits per heavy atom. The molecule has 0 aromatic heterocycles. The summed E-state index contributed by atoms with van der Waals surface area (Å²) in [5.74, 6) is -0.631. The van der Waals surface area contributed by atoms with Crippen LogP contribution in [0.3, 0.4) is 0 Å². The molecule has 1 unspecified atom stereocenters. The lowest BCUT2D eigenvalue weighted by atomic mass is 9.79. The minimum Gasteiger partial charge on any atom is -0.496 e. The highest BCUT2D eigenvalue weighted by atomic mass is 35.5. The van der Waals surface area contributed by atoms with E-state index in [4.69, 9.17) is 16.3 Å². The van der Waals surface area contributed by atoms with E-state index in [1.165, 1.54) is 6.08 Å². The zero-order valence-corrected chi connectivity index (χ0v) is 20.7. The molecule has 178 valence electrons. The standard InChI is InChI=1S/C26H28ClN3O4/c1-6-29-21-13-22(34-5)16(11-19(21)15(2)14-26(29,3)4)12-20-23(31)28-25(33)30(24(20)32)18-9-7-17(27)8-10-18/h7-13,15H,6,14H2,1-5H3,(H,28,31,33)/b20-12-. The summed E-state index contributed by atoms with van der Waals surface area (Å²) >= 11 is 5.94. The lowest BCUT2D eigenvalue weighted by Gasteiger charge is -2.47.